The highest BCUT2D eigenvalue weighted by molar-refractivity contribution is 5.72. The number of hydrogen-bond acceptors (Lipinski definition) is 2. The predicted molar refractivity (Wildman–Crippen MR) is 70.9 cm³/mol. The van der Waals surface area contributed by atoms with Crippen molar-refractivity contribution in [3.05, 3.63) is 24.3 Å². The molecule has 0 radical (unpaired) electrons. The van der Waals surface area contributed by atoms with Crippen LogP contribution in [0.2, 0.25) is 0 Å². The quantitative estimate of drug-likeness (QED) is 0.789. The summed E-state index contributed by atoms with van der Waals surface area (Å²) in [6.45, 7) is 11.2. The average molecular weight is 231 g/mol. The number of aromatic nitrogens is 3. The third kappa shape index (κ3) is 2.33. The van der Waals surface area contributed by atoms with Crippen LogP contribution in [0, 0.1) is 11.3 Å². The Hall–Kier alpha value is -1.38. The largest absolute Gasteiger partial charge is 0.180 e. The Morgan fingerprint density at radius 1 is 1.00 bits per heavy atom. The van der Waals surface area contributed by atoms with Crippen LogP contribution in [0.4, 0.5) is 0 Å². The molecular formula is C14H21N3. The Balaban J connectivity index is 2.49. The molecule has 0 saturated carbocycles. The second-order valence-electron chi connectivity index (χ2n) is 6.06. The van der Waals surface area contributed by atoms with Crippen molar-refractivity contribution in [1.29, 1.82) is 0 Å². The van der Waals surface area contributed by atoms with Gasteiger partial charge in [0.2, 0.25) is 0 Å². The van der Waals surface area contributed by atoms with Crippen LogP contribution in [0.5, 0.6) is 0 Å². The van der Waals surface area contributed by atoms with Gasteiger partial charge in [0.25, 0.3) is 0 Å². The molecule has 3 nitrogen and oxygen atoms in total. The van der Waals surface area contributed by atoms with Crippen molar-refractivity contribution in [3.63, 3.8) is 0 Å². The Morgan fingerprint density at radius 3 is 1.82 bits per heavy atom. The second kappa shape index (κ2) is 4.13. The minimum atomic E-state index is 0.156. The zero-order valence-corrected chi connectivity index (χ0v) is 11.3. The van der Waals surface area contributed by atoms with E-state index in [9.17, 15) is 0 Å². The van der Waals surface area contributed by atoms with Crippen molar-refractivity contribution in [1.82, 2.24) is 15.0 Å². The first kappa shape index (κ1) is 12.1. The van der Waals surface area contributed by atoms with E-state index < -0.39 is 0 Å². The van der Waals surface area contributed by atoms with E-state index in [1.54, 1.807) is 0 Å². The molecule has 0 aliphatic heterocycles. The molecule has 0 aliphatic rings. The molecule has 0 N–H and O–H groups in total. The molecule has 3 heteroatoms. The van der Waals surface area contributed by atoms with Crippen LogP contribution < -0.4 is 0 Å². The van der Waals surface area contributed by atoms with Crippen LogP contribution in [-0.2, 0) is 0 Å². The van der Waals surface area contributed by atoms with Gasteiger partial charge < -0.3 is 0 Å². The van der Waals surface area contributed by atoms with E-state index in [0.29, 0.717) is 12.0 Å². The maximum atomic E-state index is 4.61. The molecule has 1 heterocycles. The van der Waals surface area contributed by atoms with E-state index in [4.69, 9.17) is 0 Å². The normalized spacial score (nSPS) is 14.5. The molecule has 17 heavy (non-hydrogen) atoms. The van der Waals surface area contributed by atoms with Gasteiger partial charge in [-0.3, -0.25) is 0 Å². The first-order chi connectivity index (χ1) is 7.89. The van der Waals surface area contributed by atoms with E-state index >= 15 is 0 Å². The summed E-state index contributed by atoms with van der Waals surface area (Å²) in [5, 5.41) is 9.21. The summed E-state index contributed by atoms with van der Waals surface area (Å²) in [7, 11) is 0. The second-order valence-corrected chi connectivity index (χ2v) is 6.06. The van der Waals surface area contributed by atoms with Crippen molar-refractivity contribution in [2.24, 2.45) is 11.3 Å². The highest BCUT2D eigenvalue weighted by Gasteiger charge is 2.31. The number of benzene rings is 1. The van der Waals surface area contributed by atoms with E-state index in [2.05, 4.69) is 44.8 Å². The number of hydrogen-bond donors (Lipinski definition) is 0. The summed E-state index contributed by atoms with van der Waals surface area (Å²) in [6, 6.07) is 8.35. The van der Waals surface area contributed by atoms with Crippen LogP contribution in [0.1, 0.15) is 40.7 Å². The molecule has 0 amide bonds. The molecule has 1 unspecified atom stereocenters. The summed E-state index contributed by atoms with van der Waals surface area (Å²) in [4.78, 5) is 1.90. The van der Waals surface area contributed by atoms with Crippen LogP contribution in [0.25, 0.3) is 11.0 Å². The summed E-state index contributed by atoms with van der Waals surface area (Å²) in [5.74, 6) is 0.511. The third-order valence-electron chi connectivity index (χ3n) is 3.07. The number of rotatable bonds is 2. The summed E-state index contributed by atoms with van der Waals surface area (Å²) < 4.78 is 0. The van der Waals surface area contributed by atoms with Gasteiger partial charge in [0.15, 0.2) is 0 Å². The van der Waals surface area contributed by atoms with Crippen LogP contribution >= 0.6 is 0 Å². The van der Waals surface area contributed by atoms with Gasteiger partial charge >= 0.3 is 0 Å². The van der Waals surface area contributed by atoms with Crippen molar-refractivity contribution >= 4 is 11.0 Å². The smallest absolute Gasteiger partial charge is 0.113 e. The first-order valence-corrected chi connectivity index (χ1v) is 6.21. The van der Waals surface area contributed by atoms with Gasteiger partial charge in [0.1, 0.15) is 11.0 Å². The Labute approximate surface area is 103 Å². The lowest BCUT2D eigenvalue weighted by molar-refractivity contribution is 0.153. The molecule has 0 fully saturated rings. The Bertz CT molecular complexity index is 472. The van der Waals surface area contributed by atoms with Crippen LogP contribution in [0.3, 0.4) is 0 Å². The van der Waals surface area contributed by atoms with Crippen LogP contribution in [-0.4, -0.2) is 15.0 Å². The molecule has 0 saturated heterocycles. The van der Waals surface area contributed by atoms with E-state index in [0.717, 1.165) is 11.0 Å². The molecule has 2 aromatic rings. The lowest BCUT2D eigenvalue weighted by Gasteiger charge is -2.32. The molecule has 1 aromatic heterocycles. The van der Waals surface area contributed by atoms with Crippen molar-refractivity contribution in [3.8, 4) is 0 Å². The van der Waals surface area contributed by atoms with Gasteiger partial charge in [0, 0.05) is 0 Å². The van der Waals surface area contributed by atoms with Crippen LogP contribution in [0.15, 0.2) is 24.3 Å². The maximum absolute atomic E-state index is 4.61. The predicted octanol–water partition coefficient (Wildman–Crippen LogP) is 3.67. The van der Waals surface area contributed by atoms with Crippen molar-refractivity contribution in [2.75, 3.05) is 0 Å². The molecule has 2 rings (SSSR count). The van der Waals surface area contributed by atoms with Crippen molar-refractivity contribution in [2.45, 2.75) is 40.7 Å². The molecule has 0 aliphatic carbocycles. The van der Waals surface area contributed by atoms with Gasteiger partial charge in [-0.1, -0.05) is 46.8 Å². The fourth-order valence-corrected chi connectivity index (χ4v) is 2.61. The van der Waals surface area contributed by atoms with Gasteiger partial charge in [0.05, 0.1) is 6.04 Å². The van der Waals surface area contributed by atoms with E-state index in [1.807, 2.05) is 29.1 Å². The molecule has 1 aromatic carbocycles. The zero-order chi connectivity index (χ0) is 12.6. The standard InChI is InChI=1S/C14H21N3/c1-10(2)13(14(3,4)5)17-15-11-8-6-7-9-12(11)16-17/h6-10,13H,1-5H3. The van der Waals surface area contributed by atoms with Crippen molar-refractivity contribution < 1.29 is 0 Å². The Kier molecular flexibility index (Phi) is 2.94. The maximum Gasteiger partial charge on any atom is 0.113 e. The zero-order valence-electron chi connectivity index (χ0n) is 11.3. The van der Waals surface area contributed by atoms with Gasteiger partial charge in [-0.25, -0.2) is 0 Å². The minimum absolute atomic E-state index is 0.156. The van der Waals surface area contributed by atoms with Gasteiger partial charge in [-0.15, -0.1) is 0 Å². The molecule has 1 atom stereocenters. The molecule has 0 bridgehead atoms. The van der Waals surface area contributed by atoms with E-state index in [1.165, 1.54) is 0 Å². The topological polar surface area (TPSA) is 30.7 Å². The lowest BCUT2D eigenvalue weighted by Crippen LogP contribution is -2.30. The monoisotopic (exact) mass is 231 g/mol. The molecule has 0 spiro atoms. The fourth-order valence-electron chi connectivity index (χ4n) is 2.61. The summed E-state index contributed by atoms with van der Waals surface area (Å²) in [5.41, 5.74) is 2.10. The summed E-state index contributed by atoms with van der Waals surface area (Å²) >= 11 is 0. The first-order valence-electron chi connectivity index (χ1n) is 6.21. The van der Waals surface area contributed by atoms with E-state index in [-0.39, 0.29) is 5.41 Å². The fraction of sp³-hybridized carbons (Fsp3) is 0.571. The highest BCUT2D eigenvalue weighted by atomic mass is 15.5. The Morgan fingerprint density at radius 2 is 1.47 bits per heavy atom. The average Bonchev–Trinajstić information content (AvgIpc) is 2.56. The third-order valence-corrected chi connectivity index (χ3v) is 3.07. The van der Waals surface area contributed by atoms with Gasteiger partial charge in [-0.2, -0.15) is 15.0 Å². The SMILES string of the molecule is CC(C)C(n1nc2ccccc2n1)C(C)(C)C. The lowest BCUT2D eigenvalue weighted by atomic mass is 9.81. The minimum Gasteiger partial charge on any atom is -0.180 e. The number of fused-ring (bicyclic) bond motifs is 1. The molecule has 92 valence electrons. The highest BCUT2D eigenvalue weighted by Crippen LogP contribution is 2.35. The summed E-state index contributed by atoms with van der Waals surface area (Å²) in [6.07, 6.45) is 0. The van der Waals surface area contributed by atoms with Gasteiger partial charge in [-0.05, 0) is 23.5 Å². The molecular weight excluding hydrogens is 210 g/mol. The number of nitrogens with zero attached hydrogens (tertiary/aromatic N) is 3.